The molecule has 0 radical (unpaired) electrons. The predicted molar refractivity (Wildman–Crippen MR) is 51.8 cm³/mol. The first-order valence-electron chi connectivity index (χ1n) is 4.83. The topological polar surface area (TPSA) is 3.24 Å². The van der Waals surface area contributed by atoms with Gasteiger partial charge in [0.05, 0.1) is 0 Å². The first-order valence-corrected chi connectivity index (χ1v) is 4.83. The molecule has 0 saturated carbocycles. The van der Waals surface area contributed by atoms with E-state index in [1.807, 2.05) is 13.8 Å². The molecule has 0 bridgehead atoms. The summed E-state index contributed by atoms with van der Waals surface area (Å²) in [6.07, 6.45) is 0. The van der Waals surface area contributed by atoms with Crippen LogP contribution in [-0.2, 0) is 0 Å². The first-order chi connectivity index (χ1) is 5.13. The number of hydrogen-bond acceptors (Lipinski definition) is 1. The molecule has 0 aromatic carbocycles. The fourth-order valence-electron chi connectivity index (χ4n) is 1.66. The third-order valence-corrected chi connectivity index (χ3v) is 2.93. The van der Waals surface area contributed by atoms with Gasteiger partial charge < -0.3 is 4.90 Å². The van der Waals surface area contributed by atoms with Crippen LogP contribution in [-0.4, -0.2) is 24.5 Å². The summed E-state index contributed by atoms with van der Waals surface area (Å²) in [5.41, 5.74) is 0. The third-order valence-electron chi connectivity index (χ3n) is 2.93. The van der Waals surface area contributed by atoms with Crippen LogP contribution in [0.5, 0.6) is 0 Å². The molecule has 68 valence electrons. The van der Waals surface area contributed by atoms with Gasteiger partial charge in [0.2, 0.25) is 0 Å². The smallest absolute Gasteiger partial charge is 0.00926 e. The van der Waals surface area contributed by atoms with Crippen molar-refractivity contribution < 1.29 is 0 Å². The maximum absolute atomic E-state index is 2.44. The Bertz CT molecular complexity index is 89.0. The zero-order valence-electron chi connectivity index (χ0n) is 8.89. The molecule has 0 aromatic rings. The lowest BCUT2D eigenvalue weighted by molar-refractivity contribution is 0.300. The highest BCUT2D eigenvalue weighted by Crippen LogP contribution is 2.26. The summed E-state index contributed by atoms with van der Waals surface area (Å²) in [5, 5.41) is 0. The van der Waals surface area contributed by atoms with E-state index >= 15 is 0 Å². The summed E-state index contributed by atoms with van der Waals surface area (Å²) in [5.74, 6) is 1.78. The van der Waals surface area contributed by atoms with Crippen LogP contribution in [0.2, 0.25) is 0 Å². The van der Waals surface area contributed by atoms with Crippen molar-refractivity contribution in [3.8, 4) is 0 Å². The van der Waals surface area contributed by atoms with Crippen LogP contribution in [0.4, 0.5) is 0 Å². The van der Waals surface area contributed by atoms with E-state index in [-0.39, 0.29) is 0 Å². The van der Waals surface area contributed by atoms with Crippen LogP contribution < -0.4 is 0 Å². The second-order valence-electron chi connectivity index (χ2n) is 3.52. The molecule has 1 aliphatic rings. The Balaban J connectivity index is 0.000000461. The molecular formula is C10H23N. The Morgan fingerprint density at radius 2 is 1.55 bits per heavy atom. The Morgan fingerprint density at radius 1 is 1.09 bits per heavy atom. The second kappa shape index (κ2) is 4.76. The number of nitrogens with zero attached hydrogens (tertiary/aromatic N) is 1. The van der Waals surface area contributed by atoms with Gasteiger partial charge in [-0.2, -0.15) is 0 Å². The largest absolute Gasteiger partial charge is 0.303 e. The van der Waals surface area contributed by atoms with Crippen molar-refractivity contribution in [1.82, 2.24) is 4.90 Å². The van der Waals surface area contributed by atoms with E-state index in [0.29, 0.717) is 0 Å². The molecule has 1 aliphatic heterocycles. The van der Waals surface area contributed by atoms with Crippen LogP contribution in [0, 0.1) is 11.8 Å². The minimum absolute atomic E-state index is 0.792. The third kappa shape index (κ3) is 2.48. The summed E-state index contributed by atoms with van der Waals surface area (Å²) < 4.78 is 0. The van der Waals surface area contributed by atoms with E-state index < -0.39 is 0 Å². The highest BCUT2D eigenvalue weighted by Gasteiger charge is 2.30. The Kier molecular flexibility index (Phi) is 4.74. The van der Waals surface area contributed by atoms with Crippen molar-refractivity contribution in [3.05, 3.63) is 0 Å². The van der Waals surface area contributed by atoms with Crippen molar-refractivity contribution in [2.75, 3.05) is 13.6 Å². The molecule has 3 atom stereocenters. The molecule has 0 N–H and O–H groups in total. The molecule has 3 unspecified atom stereocenters. The Morgan fingerprint density at radius 3 is 1.64 bits per heavy atom. The zero-order chi connectivity index (χ0) is 9.02. The number of rotatable bonds is 0. The van der Waals surface area contributed by atoms with E-state index in [0.717, 1.165) is 17.9 Å². The van der Waals surface area contributed by atoms with Gasteiger partial charge in [-0.3, -0.25) is 0 Å². The Labute approximate surface area is 71.8 Å². The van der Waals surface area contributed by atoms with Gasteiger partial charge >= 0.3 is 0 Å². The lowest BCUT2D eigenvalue weighted by Gasteiger charge is -2.16. The molecule has 0 aliphatic carbocycles. The van der Waals surface area contributed by atoms with E-state index in [1.54, 1.807) is 0 Å². The quantitative estimate of drug-likeness (QED) is 0.522. The average Bonchev–Trinajstić information content (AvgIpc) is 2.22. The maximum atomic E-state index is 2.44. The van der Waals surface area contributed by atoms with Gasteiger partial charge in [-0.1, -0.05) is 27.7 Å². The maximum Gasteiger partial charge on any atom is 0.00926 e. The summed E-state index contributed by atoms with van der Waals surface area (Å²) in [4.78, 5) is 2.44. The monoisotopic (exact) mass is 157 g/mol. The zero-order valence-corrected chi connectivity index (χ0v) is 8.89. The van der Waals surface area contributed by atoms with Gasteiger partial charge in [0.25, 0.3) is 0 Å². The number of likely N-dealkylation sites (tertiary alicyclic amines) is 1. The van der Waals surface area contributed by atoms with Crippen LogP contribution >= 0.6 is 0 Å². The lowest BCUT2D eigenvalue weighted by Crippen LogP contribution is -2.24. The minimum Gasteiger partial charge on any atom is -0.303 e. The van der Waals surface area contributed by atoms with Gasteiger partial charge in [0.15, 0.2) is 0 Å². The molecule has 1 heteroatoms. The molecule has 0 spiro atoms. The minimum atomic E-state index is 0.792. The number of hydrogen-bond donors (Lipinski definition) is 0. The molecule has 11 heavy (non-hydrogen) atoms. The van der Waals surface area contributed by atoms with E-state index in [4.69, 9.17) is 0 Å². The molecule has 1 heterocycles. The molecule has 0 amide bonds. The second-order valence-corrected chi connectivity index (χ2v) is 3.52. The summed E-state index contributed by atoms with van der Waals surface area (Å²) in [6, 6.07) is 0.792. The van der Waals surface area contributed by atoms with Crippen LogP contribution in [0.25, 0.3) is 0 Å². The van der Waals surface area contributed by atoms with Gasteiger partial charge in [-0.05, 0) is 25.8 Å². The predicted octanol–water partition coefficient (Wildman–Crippen LogP) is 2.62. The van der Waals surface area contributed by atoms with Crippen molar-refractivity contribution in [1.29, 1.82) is 0 Å². The fourth-order valence-corrected chi connectivity index (χ4v) is 1.66. The van der Waals surface area contributed by atoms with Gasteiger partial charge in [0.1, 0.15) is 0 Å². The fraction of sp³-hybridized carbons (Fsp3) is 1.00. The average molecular weight is 157 g/mol. The molecule has 1 fully saturated rings. The summed E-state index contributed by atoms with van der Waals surface area (Å²) in [7, 11) is 2.21. The standard InChI is InChI=1S/C8H17N.C2H6/c1-6-5-9(4)8(3)7(6)2;1-2/h6-8H,5H2,1-4H3;1-2H3. The van der Waals surface area contributed by atoms with Crippen LogP contribution in [0.15, 0.2) is 0 Å². The van der Waals surface area contributed by atoms with E-state index in [2.05, 4.69) is 32.7 Å². The van der Waals surface area contributed by atoms with Crippen molar-refractivity contribution >= 4 is 0 Å². The van der Waals surface area contributed by atoms with E-state index in [9.17, 15) is 0 Å². The summed E-state index contributed by atoms with van der Waals surface area (Å²) >= 11 is 0. The van der Waals surface area contributed by atoms with Crippen molar-refractivity contribution in [2.45, 2.75) is 40.7 Å². The van der Waals surface area contributed by atoms with Crippen LogP contribution in [0.3, 0.4) is 0 Å². The molecular weight excluding hydrogens is 134 g/mol. The summed E-state index contributed by atoms with van der Waals surface area (Å²) in [6.45, 7) is 12.3. The Hall–Kier alpha value is -0.0400. The van der Waals surface area contributed by atoms with Crippen molar-refractivity contribution in [2.24, 2.45) is 11.8 Å². The molecule has 1 nitrogen and oxygen atoms in total. The van der Waals surface area contributed by atoms with Gasteiger partial charge in [-0.15, -0.1) is 0 Å². The van der Waals surface area contributed by atoms with Crippen LogP contribution in [0.1, 0.15) is 34.6 Å². The van der Waals surface area contributed by atoms with Gasteiger partial charge in [-0.25, -0.2) is 0 Å². The SMILES string of the molecule is CC.CC1CN(C)C(C)C1C. The first kappa shape index (κ1) is 11.0. The highest BCUT2D eigenvalue weighted by atomic mass is 15.2. The highest BCUT2D eigenvalue weighted by molar-refractivity contribution is 4.83. The van der Waals surface area contributed by atoms with E-state index in [1.165, 1.54) is 6.54 Å². The lowest BCUT2D eigenvalue weighted by atomic mass is 9.95. The normalized spacial score (nSPS) is 38.2. The van der Waals surface area contributed by atoms with Crippen molar-refractivity contribution in [3.63, 3.8) is 0 Å². The molecule has 1 saturated heterocycles. The van der Waals surface area contributed by atoms with Gasteiger partial charge in [0, 0.05) is 12.6 Å². The molecule has 1 rings (SSSR count). The molecule has 0 aromatic heterocycles.